The van der Waals surface area contributed by atoms with E-state index < -0.39 is 0 Å². The maximum atomic E-state index is 11.2. The third-order valence-corrected chi connectivity index (χ3v) is 2.40. The predicted molar refractivity (Wildman–Crippen MR) is 55.1 cm³/mol. The summed E-state index contributed by atoms with van der Waals surface area (Å²) in [5.74, 6) is 0.871. The molecule has 1 fully saturated rings. The van der Waals surface area contributed by atoms with Crippen molar-refractivity contribution >= 4 is 5.91 Å². The zero-order chi connectivity index (χ0) is 10.4. The molecule has 1 rings (SSSR count). The highest BCUT2D eigenvalue weighted by Gasteiger charge is 2.20. The van der Waals surface area contributed by atoms with Crippen molar-refractivity contribution in [2.45, 2.75) is 25.9 Å². The van der Waals surface area contributed by atoms with E-state index in [0.717, 1.165) is 12.5 Å². The van der Waals surface area contributed by atoms with Crippen LogP contribution in [0.25, 0.3) is 0 Å². The summed E-state index contributed by atoms with van der Waals surface area (Å²) in [5, 5.41) is 5.94. The molecule has 1 aliphatic carbocycles. The lowest BCUT2D eigenvalue weighted by Gasteiger charge is -2.10. The van der Waals surface area contributed by atoms with Gasteiger partial charge in [-0.05, 0) is 32.2 Å². The summed E-state index contributed by atoms with van der Waals surface area (Å²) < 4.78 is 5.02. The lowest BCUT2D eigenvalue weighted by molar-refractivity contribution is -0.120. The summed E-state index contributed by atoms with van der Waals surface area (Å²) in [4.78, 5) is 11.2. The minimum absolute atomic E-state index is 0.0505. The van der Waals surface area contributed by atoms with Crippen LogP contribution >= 0.6 is 0 Å². The number of methoxy groups -OCH3 is 1. The van der Waals surface area contributed by atoms with Gasteiger partial charge < -0.3 is 15.4 Å². The zero-order valence-corrected chi connectivity index (χ0v) is 9.01. The van der Waals surface area contributed by atoms with Crippen molar-refractivity contribution in [2.24, 2.45) is 5.92 Å². The van der Waals surface area contributed by atoms with E-state index in [1.165, 1.54) is 12.8 Å². The van der Waals surface area contributed by atoms with Gasteiger partial charge in [0.25, 0.3) is 0 Å². The topological polar surface area (TPSA) is 50.4 Å². The molecule has 82 valence electrons. The van der Waals surface area contributed by atoms with Crippen LogP contribution in [-0.4, -0.2) is 38.8 Å². The fraction of sp³-hybridized carbons (Fsp3) is 0.900. The van der Waals surface area contributed by atoms with Crippen LogP contribution in [0.3, 0.4) is 0 Å². The van der Waals surface area contributed by atoms with E-state index in [-0.39, 0.29) is 12.0 Å². The van der Waals surface area contributed by atoms with Crippen LogP contribution in [0.15, 0.2) is 0 Å². The average molecular weight is 200 g/mol. The van der Waals surface area contributed by atoms with Crippen LogP contribution in [-0.2, 0) is 9.53 Å². The van der Waals surface area contributed by atoms with Crippen LogP contribution in [0.5, 0.6) is 0 Å². The molecule has 2 N–H and O–H groups in total. The van der Waals surface area contributed by atoms with Crippen molar-refractivity contribution in [3.63, 3.8) is 0 Å². The van der Waals surface area contributed by atoms with E-state index >= 15 is 0 Å². The number of rotatable bonds is 7. The number of nitrogens with one attached hydrogen (secondary N) is 2. The van der Waals surface area contributed by atoms with Gasteiger partial charge in [-0.25, -0.2) is 0 Å². The molecule has 0 aromatic heterocycles. The molecule has 0 bridgehead atoms. The van der Waals surface area contributed by atoms with Crippen LogP contribution in [0.2, 0.25) is 0 Å². The van der Waals surface area contributed by atoms with Crippen LogP contribution in [0, 0.1) is 5.92 Å². The second-order valence-electron chi connectivity index (χ2n) is 3.92. The highest BCUT2D eigenvalue weighted by Crippen LogP contribution is 2.27. The molecule has 14 heavy (non-hydrogen) atoms. The third-order valence-electron chi connectivity index (χ3n) is 2.40. The van der Waals surface area contributed by atoms with Crippen molar-refractivity contribution < 1.29 is 9.53 Å². The Morgan fingerprint density at radius 1 is 1.57 bits per heavy atom. The zero-order valence-electron chi connectivity index (χ0n) is 9.01. The van der Waals surface area contributed by atoms with Crippen LogP contribution < -0.4 is 10.6 Å². The largest absolute Gasteiger partial charge is 0.380 e. The van der Waals surface area contributed by atoms with Crippen LogP contribution in [0.1, 0.15) is 19.8 Å². The van der Waals surface area contributed by atoms with E-state index in [1.807, 2.05) is 6.92 Å². The standard InChI is InChI=1S/C10H20N2O2/c1-8(14-2)5-12-10(13)7-11-6-9-3-4-9/h8-9,11H,3-7H2,1-2H3,(H,12,13). The summed E-state index contributed by atoms with van der Waals surface area (Å²) in [5.41, 5.74) is 0. The molecule has 0 saturated heterocycles. The molecule has 1 saturated carbocycles. The van der Waals surface area contributed by atoms with Gasteiger partial charge in [0.05, 0.1) is 12.6 Å². The van der Waals surface area contributed by atoms with Crippen molar-refractivity contribution in [3.8, 4) is 0 Å². The Labute approximate surface area is 85.4 Å². The van der Waals surface area contributed by atoms with Crippen LogP contribution in [0.4, 0.5) is 0 Å². The van der Waals surface area contributed by atoms with Crippen molar-refractivity contribution in [3.05, 3.63) is 0 Å². The average Bonchev–Trinajstić information content (AvgIpc) is 2.98. The quantitative estimate of drug-likeness (QED) is 0.614. The van der Waals surface area contributed by atoms with E-state index in [2.05, 4.69) is 10.6 Å². The number of hydrogen-bond acceptors (Lipinski definition) is 3. The smallest absolute Gasteiger partial charge is 0.234 e. The molecule has 0 radical (unpaired) electrons. The van der Waals surface area contributed by atoms with Gasteiger partial charge in [-0.1, -0.05) is 0 Å². The number of carbonyl (C=O) groups is 1. The van der Waals surface area contributed by atoms with E-state index in [1.54, 1.807) is 7.11 Å². The Hall–Kier alpha value is -0.610. The Balaban J connectivity index is 1.92. The molecular formula is C10H20N2O2. The first-order valence-corrected chi connectivity index (χ1v) is 5.22. The van der Waals surface area contributed by atoms with E-state index in [4.69, 9.17) is 4.74 Å². The molecule has 1 unspecified atom stereocenters. The highest BCUT2D eigenvalue weighted by atomic mass is 16.5. The third kappa shape index (κ3) is 5.19. The first-order chi connectivity index (χ1) is 6.72. The number of amides is 1. The lowest BCUT2D eigenvalue weighted by atomic mass is 10.4. The second kappa shape index (κ2) is 5.98. The molecule has 1 amide bonds. The maximum Gasteiger partial charge on any atom is 0.234 e. The highest BCUT2D eigenvalue weighted by molar-refractivity contribution is 5.77. The molecule has 0 aliphatic heterocycles. The maximum absolute atomic E-state index is 11.2. The van der Waals surface area contributed by atoms with E-state index in [0.29, 0.717) is 13.1 Å². The summed E-state index contributed by atoms with van der Waals surface area (Å²) in [6.07, 6.45) is 2.72. The summed E-state index contributed by atoms with van der Waals surface area (Å²) in [6, 6.07) is 0. The first-order valence-electron chi connectivity index (χ1n) is 5.22. The molecule has 1 aliphatic rings. The molecule has 4 heteroatoms. The fourth-order valence-corrected chi connectivity index (χ4v) is 1.12. The van der Waals surface area contributed by atoms with Gasteiger partial charge in [0.1, 0.15) is 0 Å². The monoisotopic (exact) mass is 200 g/mol. The SMILES string of the molecule is COC(C)CNC(=O)CNCC1CC1. The Morgan fingerprint density at radius 3 is 2.86 bits per heavy atom. The molecule has 0 aromatic carbocycles. The van der Waals surface area contributed by atoms with Crippen molar-refractivity contribution in [1.29, 1.82) is 0 Å². The van der Waals surface area contributed by atoms with E-state index in [9.17, 15) is 4.79 Å². The predicted octanol–water partition coefficient (Wildman–Crippen LogP) is 0.137. The minimum atomic E-state index is 0.0505. The van der Waals surface area contributed by atoms with Gasteiger partial charge in [0, 0.05) is 13.7 Å². The molecule has 1 atom stereocenters. The summed E-state index contributed by atoms with van der Waals surface area (Å²) >= 11 is 0. The van der Waals surface area contributed by atoms with Gasteiger partial charge in [-0.3, -0.25) is 4.79 Å². The molecule has 0 aromatic rings. The molecule has 4 nitrogen and oxygen atoms in total. The fourth-order valence-electron chi connectivity index (χ4n) is 1.12. The number of hydrogen-bond donors (Lipinski definition) is 2. The number of ether oxygens (including phenoxy) is 1. The molecule has 0 spiro atoms. The van der Waals surface area contributed by atoms with Crippen molar-refractivity contribution in [1.82, 2.24) is 10.6 Å². The van der Waals surface area contributed by atoms with Crippen molar-refractivity contribution in [2.75, 3.05) is 26.7 Å². The summed E-state index contributed by atoms with van der Waals surface area (Å²) in [7, 11) is 1.64. The Bertz CT molecular complexity index is 181. The number of carbonyl (C=O) groups excluding carboxylic acids is 1. The molecular weight excluding hydrogens is 180 g/mol. The minimum Gasteiger partial charge on any atom is -0.380 e. The lowest BCUT2D eigenvalue weighted by Crippen LogP contribution is -2.38. The first kappa shape index (κ1) is 11.5. The van der Waals surface area contributed by atoms with Gasteiger partial charge in [-0.2, -0.15) is 0 Å². The summed E-state index contributed by atoms with van der Waals surface area (Å²) in [6.45, 7) is 3.92. The van der Waals surface area contributed by atoms with Gasteiger partial charge in [0.2, 0.25) is 5.91 Å². The normalized spacial score (nSPS) is 17.9. The van der Waals surface area contributed by atoms with Gasteiger partial charge in [-0.15, -0.1) is 0 Å². The van der Waals surface area contributed by atoms with Gasteiger partial charge in [0.15, 0.2) is 0 Å². The van der Waals surface area contributed by atoms with Gasteiger partial charge >= 0.3 is 0 Å². The Kier molecular flexibility index (Phi) is 4.90. The second-order valence-corrected chi connectivity index (χ2v) is 3.92. The Morgan fingerprint density at radius 2 is 2.29 bits per heavy atom. The molecule has 0 heterocycles.